The first-order chi connectivity index (χ1) is 12.9. The highest BCUT2D eigenvalue weighted by Crippen LogP contribution is 2.25. The van der Waals surface area contributed by atoms with Gasteiger partial charge in [-0.05, 0) is 30.7 Å². The minimum atomic E-state index is -0.534. The van der Waals surface area contributed by atoms with Crippen molar-refractivity contribution in [1.29, 1.82) is 0 Å². The molecule has 1 N–H and O–H groups in total. The van der Waals surface area contributed by atoms with Crippen LogP contribution in [0.15, 0.2) is 54.9 Å². The van der Waals surface area contributed by atoms with Crippen LogP contribution in [0.4, 0.5) is 5.69 Å². The van der Waals surface area contributed by atoms with Crippen LogP contribution in [-0.2, 0) is 7.05 Å². The molecule has 1 heterocycles. The number of nitrogens with zero attached hydrogens (tertiary/aromatic N) is 3. The molecule has 0 bridgehead atoms. The van der Waals surface area contributed by atoms with Crippen molar-refractivity contribution in [2.45, 2.75) is 13.0 Å². The third-order valence-corrected chi connectivity index (χ3v) is 4.59. The van der Waals surface area contributed by atoms with E-state index in [1.807, 2.05) is 19.2 Å². The molecular formula is C19H17ClN4O3. The maximum Gasteiger partial charge on any atom is 0.273 e. The highest BCUT2D eigenvalue weighted by Gasteiger charge is 2.24. The number of aryl methyl sites for hydroxylation is 1. The summed E-state index contributed by atoms with van der Waals surface area (Å²) in [5.41, 5.74) is 1.26. The molecule has 0 aliphatic rings. The lowest BCUT2D eigenvalue weighted by molar-refractivity contribution is -0.385. The van der Waals surface area contributed by atoms with E-state index >= 15 is 0 Å². The molecule has 0 saturated heterocycles. The molecule has 138 valence electrons. The number of nitrogens with one attached hydrogen (secondary N) is 1. The van der Waals surface area contributed by atoms with Gasteiger partial charge in [0.15, 0.2) is 0 Å². The van der Waals surface area contributed by atoms with Gasteiger partial charge in [0, 0.05) is 41.7 Å². The molecule has 0 saturated carbocycles. The molecule has 0 radical (unpaired) electrons. The minimum absolute atomic E-state index is 0.0947. The summed E-state index contributed by atoms with van der Waals surface area (Å²) in [5.74, 6) is 0.216. The smallest absolute Gasteiger partial charge is 0.273 e. The van der Waals surface area contributed by atoms with Gasteiger partial charge in [-0.15, -0.1) is 0 Å². The number of rotatable bonds is 5. The van der Waals surface area contributed by atoms with Crippen LogP contribution in [0.2, 0.25) is 5.02 Å². The van der Waals surface area contributed by atoms with Gasteiger partial charge in [-0.2, -0.15) is 0 Å². The van der Waals surface area contributed by atoms with E-state index in [9.17, 15) is 14.9 Å². The van der Waals surface area contributed by atoms with E-state index in [0.717, 1.165) is 5.56 Å². The molecule has 1 aromatic heterocycles. The summed E-state index contributed by atoms with van der Waals surface area (Å²) < 4.78 is 1.81. The number of nitro groups is 1. The summed E-state index contributed by atoms with van der Waals surface area (Å²) >= 11 is 5.97. The van der Waals surface area contributed by atoms with Crippen molar-refractivity contribution in [1.82, 2.24) is 14.9 Å². The van der Waals surface area contributed by atoms with Crippen molar-refractivity contribution in [2.24, 2.45) is 7.05 Å². The summed E-state index contributed by atoms with van der Waals surface area (Å²) in [4.78, 5) is 27.9. The largest absolute Gasteiger partial charge is 0.338 e. The van der Waals surface area contributed by atoms with Crippen molar-refractivity contribution in [3.8, 4) is 0 Å². The Morgan fingerprint density at radius 1 is 1.26 bits per heavy atom. The average Bonchev–Trinajstić information content (AvgIpc) is 3.06. The standard InChI is InChI=1S/C19H17ClN4O3/c1-12-15(4-3-5-16(12)24(26)27)19(25)22-17(18-21-10-11-23(18)2)13-6-8-14(20)9-7-13/h3-11,17H,1-2H3,(H,22,25). The number of halogens is 1. The molecule has 1 unspecified atom stereocenters. The monoisotopic (exact) mass is 384 g/mol. The van der Waals surface area contributed by atoms with Crippen LogP contribution >= 0.6 is 11.6 Å². The van der Waals surface area contributed by atoms with Gasteiger partial charge in [-0.25, -0.2) is 4.98 Å². The maximum atomic E-state index is 12.9. The molecule has 3 rings (SSSR count). The van der Waals surface area contributed by atoms with Gasteiger partial charge < -0.3 is 9.88 Å². The SMILES string of the molecule is Cc1c(C(=O)NC(c2ccc(Cl)cc2)c2nccn2C)cccc1[N+](=O)[O-]. The van der Waals surface area contributed by atoms with Crippen molar-refractivity contribution in [2.75, 3.05) is 0 Å². The molecule has 3 aromatic rings. The fourth-order valence-electron chi connectivity index (χ4n) is 2.88. The second-order valence-electron chi connectivity index (χ2n) is 6.06. The van der Waals surface area contributed by atoms with E-state index in [1.54, 1.807) is 42.1 Å². The van der Waals surface area contributed by atoms with Gasteiger partial charge in [0.05, 0.1) is 4.92 Å². The van der Waals surface area contributed by atoms with Crippen LogP contribution in [0.1, 0.15) is 33.4 Å². The molecule has 8 heteroatoms. The van der Waals surface area contributed by atoms with Crippen molar-refractivity contribution >= 4 is 23.2 Å². The summed E-state index contributed by atoms with van der Waals surface area (Å²) in [7, 11) is 1.83. The van der Waals surface area contributed by atoms with E-state index in [0.29, 0.717) is 16.4 Å². The Hall–Kier alpha value is -3.19. The summed E-state index contributed by atoms with van der Waals surface area (Å²) in [5, 5.41) is 14.7. The van der Waals surface area contributed by atoms with Crippen LogP contribution in [0, 0.1) is 17.0 Å². The first kappa shape index (κ1) is 18.6. The Balaban J connectivity index is 1.99. The van der Waals surface area contributed by atoms with Gasteiger partial charge in [0.2, 0.25) is 0 Å². The predicted molar refractivity (Wildman–Crippen MR) is 102 cm³/mol. The number of benzene rings is 2. The number of carbonyl (C=O) groups is 1. The van der Waals surface area contributed by atoms with Gasteiger partial charge in [-0.3, -0.25) is 14.9 Å². The zero-order valence-corrected chi connectivity index (χ0v) is 15.5. The Labute approximate surface area is 160 Å². The molecular weight excluding hydrogens is 368 g/mol. The average molecular weight is 385 g/mol. The Morgan fingerprint density at radius 3 is 2.56 bits per heavy atom. The number of carbonyl (C=O) groups excluding carboxylic acids is 1. The van der Waals surface area contributed by atoms with E-state index in [2.05, 4.69) is 10.3 Å². The Bertz CT molecular complexity index is 998. The lowest BCUT2D eigenvalue weighted by atomic mass is 10.0. The number of aromatic nitrogens is 2. The van der Waals surface area contributed by atoms with Crippen LogP contribution in [0.25, 0.3) is 0 Å². The van der Waals surface area contributed by atoms with Gasteiger partial charge in [-0.1, -0.05) is 29.8 Å². The third-order valence-electron chi connectivity index (χ3n) is 4.34. The van der Waals surface area contributed by atoms with Crippen LogP contribution in [0.3, 0.4) is 0 Å². The lowest BCUT2D eigenvalue weighted by Crippen LogP contribution is -2.31. The number of hydrogen-bond donors (Lipinski definition) is 1. The van der Waals surface area contributed by atoms with Crippen LogP contribution < -0.4 is 5.32 Å². The third kappa shape index (κ3) is 3.83. The minimum Gasteiger partial charge on any atom is -0.338 e. The fraction of sp³-hybridized carbons (Fsp3) is 0.158. The molecule has 7 nitrogen and oxygen atoms in total. The van der Waals surface area contributed by atoms with Gasteiger partial charge in [0.1, 0.15) is 11.9 Å². The molecule has 0 aliphatic carbocycles. The number of nitro benzene ring substituents is 1. The number of hydrogen-bond acceptors (Lipinski definition) is 4. The number of amides is 1. The van der Waals surface area contributed by atoms with Crippen LogP contribution in [0.5, 0.6) is 0 Å². The lowest BCUT2D eigenvalue weighted by Gasteiger charge is -2.20. The summed E-state index contributed by atoms with van der Waals surface area (Å²) in [6.07, 6.45) is 3.42. The number of imidazole rings is 1. The normalized spacial score (nSPS) is 11.8. The van der Waals surface area contributed by atoms with Crippen molar-refractivity contribution in [3.63, 3.8) is 0 Å². The molecule has 27 heavy (non-hydrogen) atoms. The zero-order valence-electron chi connectivity index (χ0n) is 14.7. The molecule has 2 aromatic carbocycles. The first-order valence-electron chi connectivity index (χ1n) is 8.16. The van der Waals surface area contributed by atoms with Crippen molar-refractivity contribution < 1.29 is 9.72 Å². The molecule has 0 spiro atoms. The highest BCUT2D eigenvalue weighted by molar-refractivity contribution is 6.30. The highest BCUT2D eigenvalue weighted by atomic mass is 35.5. The van der Waals surface area contributed by atoms with E-state index < -0.39 is 16.9 Å². The Morgan fingerprint density at radius 2 is 1.96 bits per heavy atom. The topological polar surface area (TPSA) is 90.1 Å². The van der Waals surface area contributed by atoms with Gasteiger partial charge in [0.25, 0.3) is 11.6 Å². The first-order valence-corrected chi connectivity index (χ1v) is 8.54. The molecule has 1 atom stereocenters. The predicted octanol–water partition coefficient (Wildman–Crippen LogP) is 3.81. The van der Waals surface area contributed by atoms with Crippen molar-refractivity contribution in [3.05, 3.63) is 92.5 Å². The fourth-order valence-corrected chi connectivity index (χ4v) is 3.01. The summed E-state index contributed by atoms with van der Waals surface area (Å²) in [6, 6.07) is 11.0. The second kappa shape index (κ2) is 7.59. The molecule has 0 aliphatic heterocycles. The van der Waals surface area contributed by atoms with E-state index in [4.69, 9.17) is 11.6 Å². The summed E-state index contributed by atoms with van der Waals surface area (Å²) in [6.45, 7) is 1.56. The molecule has 1 amide bonds. The van der Waals surface area contributed by atoms with Gasteiger partial charge >= 0.3 is 0 Å². The maximum absolute atomic E-state index is 12.9. The zero-order chi connectivity index (χ0) is 19.6. The molecule has 0 fully saturated rings. The van der Waals surface area contributed by atoms with Crippen LogP contribution in [-0.4, -0.2) is 20.4 Å². The Kier molecular flexibility index (Phi) is 5.23. The quantitative estimate of drug-likeness (QED) is 0.535. The van der Waals surface area contributed by atoms with E-state index in [1.165, 1.54) is 12.1 Å². The second-order valence-corrected chi connectivity index (χ2v) is 6.50. The van der Waals surface area contributed by atoms with E-state index in [-0.39, 0.29) is 11.3 Å².